The van der Waals surface area contributed by atoms with Crippen LogP contribution >= 0.6 is 0 Å². The monoisotopic (exact) mass is 422 g/mol. The molecule has 1 amide bonds. The lowest BCUT2D eigenvalue weighted by atomic mass is 10.1. The predicted octanol–water partition coefficient (Wildman–Crippen LogP) is 3.34. The first kappa shape index (κ1) is 23.1. The molecule has 0 spiro atoms. The number of esters is 1. The van der Waals surface area contributed by atoms with Gasteiger partial charge in [-0.2, -0.15) is 8.78 Å². The zero-order chi connectivity index (χ0) is 22.4. The molecule has 0 unspecified atom stereocenters. The van der Waals surface area contributed by atoms with Crippen molar-refractivity contribution < 1.29 is 32.6 Å². The lowest BCUT2D eigenvalue weighted by molar-refractivity contribution is -0.146. The van der Waals surface area contributed by atoms with E-state index in [1.807, 2.05) is 0 Å². The van der Waals surface area contributed by atoms with Gasteiger partial charge in [-0.3, -0.25) is 14.4 Å². The van der Waals surface area contributed by atoms with Crippen LogP contribution in [0.2, 0.25) is 0 Å². The fourth-order valence-electron chi connectivity index (χ4n) is 3.06. The quantitative estimate of drug-likeness (QED) is 0.495. The summed E-state index contributed by atoms with van der Waals surface area (Å²) in [5.74, 6) is -1.17. The summed E-state index contributed by atoms with van der Waals surface area (Å²) in [6, 6.07) is 7.74. The van der Waals surface area contributed by atoms with Crippen LogP contribution < -0.4 is 10.1 Å². The molecule has 2 rings (SSSR count). The summed E-state index contributed by atoms with van der Waals surface area (Å²) in [5.41, 5.74) is 2.44. The minimum Gasteiger partial charge on any atom is -0.454 e. The second-order valence-electron chi connectivity index (χ2n) is 6.72. The molecule has 0 aliphatic heterocycles. The highest BCUT2D eigenvalue weighted by Gasteiger charge is 2.24. The van der Waals surface area contributed by atoms with Crippen LogP contribution in [-0.4, -0.2) is 41.5 Å². The van der Waals surface area contributed by atoms with Crippen molar-refractivity contribution >= 4 is 17.7 Å². The Morgan fingerprint density at radius 2 is 1.77 bits per heavy atom. The number of hydrogen-bond donors (Lipinski definition) is 1. The number of rotatable bonds is 9. The van der Waals surface area contributed by atoms with Crippen LogP contribution in [-0.2, 0) is 14.3 Å². The number of carbonyl (C=O) groups excluding carboxylic acids is 3. The topological polar surface area (TPSA) is 86.6 Å². The van der Waals surface area contributed by atoms with Crippen molar-refractivity contribution in [3.8, 4) is 11.4 Å². The molecule has 7 nitrogen and oxygen atoms in total. The zero-order valence-electron chi connectivity index (χ0n) is 17.2. The summed E-state index contributed by atoms with van der Waals surface area (Å²) in [5, 5.41) is 2.48. The molecule has 0 aliphatic rings. The van der Waals surface area contributed by atoms with E-state index in [0.717, 1.165) is 5.69 Å². The largest absolute Gasteiger partial charge is 0.454 e. The summed E-state index contributed by atoms with van der Waals surface area (Å²) in [4.78, 5) is 35.5. The van der Waals surface area contributed by atoms with Gasteiger partial charge in [0.2, 0.25) is 11.7 Å². The van der Waals surface area contributed by atoms with Crippen molar-refractivity contribution in [2.24, 2.45) is 0 Å². The minimum atomic E-state index is -2.91. The number of nitrogens with zero attached hydrogens (tertiary/aromatic N) is 1. The zero-order valence-corrected chi connectivity index (χ0v) is 17.2. The highest BCUT2D eigenvalue weighted by molar-refractivity contribution is 6.01. The molecule has 0 fully saturated rings. The number of Topliss-reactive ketones (excluding diaryl/α,β-unsaturated/α-hetero) is 1. The summed E-state index contributed by atoms with van der Waals surface area (Å²) in [6.45, 7) is 3.60. The first-order chi connectivity index (χ1) is 14.1. The van der Waals surface area contributed by atoms with E-state index in [-0.39, 0.29) is 30.4 Å². The standard InChI is InChI=1S/C21H24F2N2O5/c1-12-11-18(20(28)14(3)29-19(27)9-10-24-15(4)26)13(2)25(12)16-5-7-17(8-6-16)30-21(22)23/h5-8,11,14,21H,9-10H2,1-4H3,(H,24,26)/t14-/m0/s1. The van der Waals surface area contributed by atoms with E-state index >= 15 is 0 Å². The Labute approximate surface area is 173 Å². The van der Waals surface area contributed by atoms with Crippen LogP contribution in [0.25, 0.3) is 5.69 Å². The molecule has 1 heterocycles. The lowest BCUT2D eigenvalue weighted by Crippen LogP contribution is -2.28. The molecule has 0 bridgehead atoms. The van der Waals surface area contributed by atoms with E-state index in [2.05, 4.69) is 10.1 Å². The third-order valence-electron chi connectivity index (χ3n) is 4.40. The second kappa shape index (κ2) is 10.00. The van der Waals surface area contributed by atoms with Gasteiger partial charge in [-0.1, -0.05) is 0 Å². The predicted molar refractivity (Wildman–Crippen MR) is 105 cm³/mol. The van der Waals surface area contributed by atoms with Crippen molar-refractivity contribution in [3.63, 3.8) is 0 Å². The molecule has 0 saturated carbocycles. The van der Waals surface area contributed by atoms with E-state index in [4.69, 9.17) is 4.74 Å². The van der Waals surface area contributed by atoms with Gasteiger partial charge in [0, 0.05) is 36.1 Å². The number of alkyl halides is 2. The average molecular weight is 422 g/mol. The molecule has 1 atom stereocenters. The number of ether oxygens (including phenoxy) is 2. The molecule has 1 aromatic carbocycles. The number of amides is 1. The first-order valence-corrected chi connectivity index (χ1v) is 9.32. The molecule has 1 N–H and O–H groups in total. The number of carbonyl (C=O) groups is 3. The molecule has 162 valence electrons. The molecule has 1 aromatic heterocycles. The third kappa shape index (κ3) is 5.88. The Hall–Kier alpha value is -3.23. The molecule has 9 heteroatoms. The van der Waals surface area contributed by atoms with Crippen LogP contribution in [0.1, 0.15) is 42.0 Å². The highest BCUT2D eigenvalue weighted by atomic mass is 19.3. The van der Waals surface area contributed by atoms with Crippen molar-refractivity contribution in [3.05, 3.63) is 47.3 Å². The van der Waals surface area contributed by atoms with E-state index in [0.29, 0.717) is 16.9 Å². The number of benzene rings is 1. The summed E-state index contributed by atoms with van der Waals surface area (Å²) in [7, 11) is 0. The molecular formula is C21H24F2N2O5. The van der Waals surface area contributed by atoms with Gasteiger partial charge in [-0.15, -0.1) is 0 Å². The molecule has 0 radical (unpaired) electrons. The average Bonchev–Trinajstić information content (AvgIpc) is 2.95. The van der Waals surface area contributed by atoms with Gasteiger partial charge in [0.25, 0.3) is 0 Å². The fraction of sp³-hybridized carbons (Fsp3) is 0.381. The first-order valence-electron chi connectivity index (χ1n) is 9.32. The van der Waals surface area contributed by atoms with E-state index in [1.165, 1.54) is 26.0 Å². The Morgan fingerprint density at radius 1 is 1.13 bits per heavy atom. The summed E-state index contributed by atoms with van der Waals surface area (Å²) >= 11 is 0. The maximum atomic E-state index is 12.8. The smallest absolute Gasteiger partial charge is 0.387 e. The molecule has 0 saturated heterocycles. The number of halogens is 2. The lowest BCUT2D eigenvalue weighted by Gasteiger charge is -2.14. The van der Waals surface area contributed by atoms with Crippen molar-refractivity contribution in [1.82, 2.24) is 9.88 Å². The van der Waals surface area contributed by atoms with Gasteiger partial charge in [0.05, 0.1) is 6.42 Å². The van der Waals surface area contributed by atoms with E-state index in [9.17, 15) is 23.2 Å². The van der Waals surface area contributed by atoms with Crippen molar-refractivity contribution in [1.29, 1.82) is 0 Å². The summed E-state index contributed by atoms with van der Waals surface area (Å²) in [6.07, 6.45) is -1.03. The highest BCUT2D eigenvalue weighted by Crippen LogP contribution is 2.24. The Morgan fingerprint density at radius 3 is 2.33 bits per heavy atom. The summed E-state index contributed by atoms with van der Waals surface area (Å²) < 4.78 is 36.0. The van der Waals surface area contributed by atoms with Crippen LogP contribution in [0, 0.1) is 13.8 Å². The van der Waals surface area contributed by atoms with Crippen LogP contribution in [0.3, 0.4) is 0 Å². The van der Waals surface area contributed by atoms with Gasteiger partial charge in [-0.05, 0) is 51.1 Å². The number of aromatic nitrogens is 1. The molecule has 30 heavy (non-hydrogen) atoms. The number of hydrogen-bond acceptors (Lipinski definition) is 5. The Kier molecular flexibility index (Phi) is 7.68. The Balaban J connectivity index is 2.13. The van der Waals surface area contributed by atoms with Gasteiger partial charge < -0.3 is 19.4 Å². The number of aryl methyl sites for hydroxylation is 1. The van der Waals surface area contributed by atoms with Gasteiger partial charge >= 0.3 is 12.6 Å². The van der Waals surface area contributed by atoms with Crippen LogP contribution in [0.4, 0.5) is 8.78 Å². The minimum absolute atomic E-state index is 0.0345. The van der Waals surface area contributed by atoms with Crippen molar-refractivity contribution in [2.45, 2.75) is 46.8 Å². The third-order valence-corrected chi connectivity index (χ3v) is 4.40. The number of ketones is 1. The normalized spacial score (nSPS) is 11.8. The maximum absolute atomic E-state index is 12.8. The Bertz CT molecular complexity index is 922. The number of nitrogens with one attached hydrogen (secondary N) is 1. The van der Waals surface area contributed by atoms with Crippen LogP contribution in [0.15, 0.2) is 30.3 Å². The van der Waals surface area contributed by atoms with Crippen molar-refractivity contribution in [2.75, 3.05) is 6.54 Å². The van der Waals surface area contributed by atoms with E-state index < -0.39 is 18.7 Å². The molecule has 2 aromatic rings. The maximum Gasteiger partial charge on any atom is 0.387 e. The molecular weight excluding hydrogens is 398 g/mol. The van der Waals surface area contributed by atoms with Gasteiger partial charge in [0.1, 0.15) is 5.75 Å². The van der Waals surface area contributed by atoms with Crippen LogP contribution in [0.5, 0.6) is 5.75 Å². The SMILES string of the molecule is CC(=O)NCCC(=O)O[C@@H](C)C(=O)c1cc(C)n(-c2ccc(OC(F)F)cc2)c1C. The van der Waals surface area contributed by atoms with E-state index in [1.54, 1.807) is 36.6 Å². The fourth-order valence-corrected chi connectivity index (χ4v) is 3.06. The second-order valence-corrected chi connectivity index (χ2v) is 6.72. The molecule has 0 aliphatic carbocycles. The van der Waals surface area contributed by atoms with Gasteiger partial charge in [-0.25, -0.2) is 0 Å². The van der Waals surface area contributed by atoms with Gasteiger partial charge in [0.15, 0.2) is 6.10 Å².